The van der Waals surface area contributed by atoms with Gasteiger partial charge in [-0.2, -0.15) is 0 Å². The minimum atomic E-state index is -0.237. The average molecular weight is 366 g/mol. The average Bonchev–Trinajstić information content (AvgIpc) is 3.35. The summed E-state index contributed by atoms with van der Waals surface area (Å²) in [6, 6.07) is 11.1. The van der Waals surface area contributed by atoms with Gasteiger partial charge in [0, 0.05) is 24.2 Å². The first kappa shape index (κ1) is 17.5. The van der Waals surface area contributed by atoms with E-state index in [0.29, 0.717) is 18.7 Å². The Balaban J connectivity index is 1.65. The summed E-state index contributed by atoms with van der Waals surface area (Å²) in [4.78, 5) is 30.0. The predicted molar refractivity (Wildman–Crippen MR) is 102 cm³/mol. The minimum Gasteiger partial charge on any atom is -0.459 e. The van der Waals surface area contributed by atoms with Crippen LogP contribution in [0.2, 0.25) is 0 Å². The highest BCUT2D eigenvalue weighted by molar-refractivity contribution is 5.91. The van der Waals surface area contributed by atoms with Crippen molar-refractivity contribution in [2.24, 2.45) is 0 Å². The van der Waals surface area contributed by atoms with Gasteiger partial charge in [-0.15, -0.1) is 0 Å². The number of fused-ring (bicyclic) bond motifs is 1. The van der Waals surface area contributed by atoms with E-state index in [1.54, 1.807) is 17.0 Å². The molecule has 1 N–H and O–H groups in total. The van der Waals surface area contributed by atoms with Crippen LogP contribution in [0.25, 0.3) is 10.9 Å². The maximum atomic E-state index is 12.9. The van der Waals surface area contributed by atoms with E-state index in [0.717, 1.165) is 29.3 Å². The van der Waals surface area contributed by atoms with Crippen molar-refractivity contribution in [2.45, 2.75) is 32.4 Å². The standard InChI is InChI=1S/C21H22N2O4/c1-14-6-7-15-11-16(20(24)22-18(15)10-14)12-23(13-17-4-2-8-26-17)21(25)19-5-3-9-27-19/h3,5-7,9-11,17H,2,4,8,12-13H2,1H3,(H,22,24). The molecule has 6 nitrogen and oxygen atoms in total. The van der Waals surface area contributed by atoms with Crippen molar-refractivity contribution in [2.75, 3.05) is 13.2 Å². The number of nitrogens with one attached hydrogen (secondary N) is 1. The lowest BCUT2D eigenvalue weighted by molar-refractivity contribution is 0.0483. The molecule has 3 aromatic rings. The summed E-state index contributed by atoms with van der Waals surface area (Å²) in [6.45, 7) is 3.34. The third kappa shape index (κ3) is 3.80. The second-order valence-corrected chi connectivity index (χ2v) is 7.01. The van der Waals surface area contributed by atoms with E-state index >= 15 is 0 Å². The van der Waals surface area contributed by atoms with Crippen LogP contribution in [0.4, 0.5) is 0 Å². The number of hydrogen-bond acceptors (Lipinski definition) is 4. The zero-order chi connectivity index (χ0) is 18.8. The Labute approximate surface area is 156 Å². The lowest BCUT2D eigenvalue weighted by atomic mass is 10.1. The molecule has 3 heterocycles. The number of benzene rings is 1. The van der Waals surface area contributed by atoms with E-state index in [9.17, 15) is 9.59 Å². The monoisotopic (exact) mass is 366 g/mol. The molecule has 0 spiro atoms. The maximum absolute atomic E-state index is 12.9. The molecule has 27 heavy (non-hydrogen) atoms. The Hall–Kier alpha value is -2.86. The molecule has 6 heteroatoms. The number of rotatable bonds is 5. The summed E-state index contributed by atoms with van der Waals surface area (Å²) in [5, 5.41) is 0.942. The van der Waals surface area contributed by atoms with Gasteiger partial charge in [-0.1, -0.05) is 12.1 Å². The van der Waals surface area contributed by atoms with Crippen molar-refractivity contribution in [3.05, 3.63) is 69.9 Å². The van der Waals surface area contributed by atoms with E-state index in [-0.39, 0.29) is 29.9 Å². The van der Waals surface area contributed by atoms with E-state index in [1.165, 1.54) is 6.26 Å². The third-order valence-electron chi connectivity index (χ3n) is 4.91. The summed E-state index contributed by atoms with van der Waals surface area (Å²) >= 11 is 0. The molecule has 0 bridgehead atoms. The molecule has 140 valence electrons. The first-order valence-electron chi connectivity index (χ1n) is 9.17. The number of carbonyl (C=O) groups is 1. The molecule has 1 atom stereocenters. The molecule has 0 radical (unpaired) electrons. The summed E-state index contributed by atoms with van der Waals surface area (Å²) in [5.41, 5.74) is 2.24. The molecule has 4 rings (SSSR count). The van der Waals surface area contributed by atoms with Crippen molar-refractivity contribution in [3.8, 4) is 0 Å². The van der Waals surface area contributed by atoms with Gasteiger partial charge in [0.15, 0.2) is 5.76 Å². The largest absolute Gasteiger partial charge is 0.459 e. The predicted octanol–water partition coefficient (Wildman–Crippen LogP) is 3.25. The number of furan rings is 1. The number of aryl methyl sites for hydroxylation is 1. The molecule has 1 aliphatic heterocycles. The fraction of sp³-hybridized carbons (Fsp3) is 0.333. The maximum Gasteiger partial charge on any atom is 0.289 e. The molecule has 0 aliphatic carbocycles. The topological polar surface area (TPSA) is 75.5 Å². The molecule has 1 saturated heterocycles. The zero-order valence-electron chi connectivity index (χ0n) is 15.2. The molecule has 2 aromatic heterocycles. The molecule has 1 fully saturated rings. The number of aromatic nitrogens is 1. The fourth-order valence-electron chi connectivity index (χ4n) is 3.49. The third-order valence-corrected chi connectivity index (χ3v) is 4.91. The van der Waals surface area contributed by atoms with Gasteiger partial charge < -0.3 is 19.0 Å². The van der Waals surface area contributed by atoms with Crippen molar-refractivity contribution in [1.29, 1.82) is 0 Å². The van der Waals surface area contributed by atoms with Crippen LogP contribution in [0.15, 0.2) is 51.9 Å². The highest BCUT2D eigenvalue weighted by atomic mass is 16.5. The van der Waals surface area contributed by atoms with Crippen molar-refractivity contribution in [1.82, 2.24) is 9.88 Å². The molecule has 1 aromatic carbocycles. The second kappa shape index (κ2) is 7.40. The lowest BCUT2D eigenvalue weighted by Crippen LogP contribution is -2.38. The molecular formula is C21H22N2O4. The van der Waals surface area contributed by atoms with E-state index in [1.807, 2.05) is 31.2 Å². The summed E-state index contributed by atoms with van der Waals surface area (Å²) in [5.74, 6) is 0.0275. The van der Waals surface area contributed by atoms with Gasteiger partial charge in [0.05, 0.1) is 18.9 Å². The molecule has 1 unspecified atom stereocenters. The SMILES string of the molecule is Cc1ccc2cc(CN(CC3CCCO3)C(=O)c3ccco3)c(=O)[nH]c2c1. The Morgan fingerprint density at radius 3 is 2.93 bits per heavy atom. The molecular weight excluding hydrogens is 344 g/mol. The van der Waals surface area contributed by atoms with E-state index in [4.69, 9.17) is 9.15 Å². The zero-order valence-corrected chi connectivity index (χ0v) is 15.2. The van der Waals surface area contributed by atoms with Crippen molar-refractivity contribution >= 4 is 16.8 Å². The van der Waals surface area contributed by atoms with Crippen molar-refractivity contribution < 1.29 is 13.9 Å². The Morgan fingerprint density at radius 2 is 2.19 bits per heavy atom. The molecule has 1 amide bonds. The Morgan fingerprint density at radius 1 is 1.30 bits per heavy atom. The van der Waals surface area contributed by atoms with Crippen LogP contribution >= 0.6 is 0 Å². The smallest absolute Gasteiger partial charge is 0.289 e. The van der Waals surface area contributed by atoms with Gasteiger partial charge in [-0.3, -0.25) is 9.59 Å². The van der Waals surface area contributed by atoms with E-state index < -0.39 is 0 Å². The Bertz CT molecular complexity index is 1000. The van der Waals surface area contributed by atoms with Gasteiger partial charge in [-0.05, 0) is 55.0 Å². The molecule has 0 saturated carbocycles. The number of H-pyrrole nitrogens is 1. The lowest BCUT2D eigenvalue weighted by Gasteiger charge is -2.24. The van der Waals surface area contributed by atoms with Crippen LogP contribution in [0.1, 0.15) is 34.5 Å². The quantitative estimate of drug-likeness (QED) is 0.752. The Kier molecular flexibility index (Phi) is 4.81. The van der Waals surface area contributed by atoms with E-state index in [2.05, 4.69) is 4.98 Å². The number of nitrogens with zero attached hydrogens (tertiary/aromatic N) is 1. The minimum absolute atomic E-state index is 0.00824. The van der Waals surface area contributed by atoms with Crippen LogP contribution in [-0.2, 0) is 11.3 Å². The highest BCUT2D eigenvalue weighted by Crippen LogP contribution is 2.18. The number of pyridine rings is 1. The van der Waals surface area contributed by atoms with Gasteiger partial charge in [0.2, 0.25) is 0 Å². The first-order valence-corrected chi connectivity index (χ1v) is 9.17. The number of carbonyl (C=O) groups excluding carboxylic acids is 1. The number of ether oxygens (including phenoxy) is 1. The van der Waals surface area contributed by atoms with Crippen LogP contribution < -0.4 is 5.56 Å². The van der Waals surface area contributed by atoms with Crippen LogP contribution in [0.5, 0.6) is 0 Å². The summed E-state index contributed by atoms with van der Waals surface area (Å²) in [7, 11) is 0. The normalized spacial score (nSPS) is 16.7. The van der Waals surface area contributed by atoms with Crippen molar-refractivity contribution in [3.63, 3.8) is 0 Å². The van der Waals surface area contributed by atoms with Crippen LogP contribution in [0, 0.1) is 6.92 Å². The summed E-state index contributed by atoms with van der Waals surface area (Å²) < 4.78 is 11.0. The first-order chi connectivity index (χ1) is 13.1. The van der Waals surface area contributed by atoms with Crippen LogP contribution in [0.3, 0.4) is 0 Å². The van der Waals surface area contributed by atoms with Gasteiger partial charge in [-0.25, -0.2) is 0 Å². The number of aromatic amines is 1. The van der Waals surface area contributed by atoms with Crippen LogP contribution in [-0.4, -0.2) is 35.0 Å². The van der Waals surface area contributed by atoms with Gasteiger partial charge >= 0.3 is 0 Å². The second-order valence-electron chi connectivity index (χ2n) is 7.01. The summed E-state index contributed by atoms with van der Waals surface area (Å²) in [6.07, 6.45) is 3.37. The van der Waals surface area contributed by atoms with Gasteiger partial charge in [0.1, 0.15) is 0 Å². The highest BCUT2D eigenvalue weighted by Gasteiger charge is 2.25. The number of amides is 1. The van der Waals surface area contributed by atoms with Gasteiger partial charge in [0.25, 0.3) is 11.5 Å². The number of hydrogen-bond donors (Lipinski definition) is 1. The fourth-order valence-corrected chi connectivity index (χ4v) is 3.49. The molecule has 1 aliphatic rings.